The van der Waals surface area contributed by atoms with Crippen LogP contribution in [-0.4, -0.2) is 7.11 Å². The Bertz CT molecular complexity index is 1150. The van der Waals surface area contributed by atoms with E-state index in [1.165, 1.54) is 0 Å². The van der Waals surface area contributed by atoms with Gasteiger partial charge in [0, 0.05) is 22.1 Å². The van der Waals surface area contributed by atoms with Crippen LogP contribution in [0.15, 0.2) is 94.1 Å². The number of ether oxygens (including phenoxy) is 1. The summed E-state index contributed by atoms with van der Waals surface area (Å²) in [5.74, 6) is 0.590. The Kier molecular flexibility index (Phi) is 4.43. The standard InChI is InChI=1S/C22H17O4P/c1-25-17-13-12-16-14-21(22(23)26-20(16)15-17)27(24,18-8-4-2-5-9-18)19-10-6-3-7-11-19/h2-15H,1H3. The molecule has 4 nitrogen and oxygen atoms in total. The molecule has 1 heterocycles. The average molecular weight is 376 g/mol. The lowest BCUT2D eigenvalue weighted by Crippen LogP contribution is -2.33. The summed E-state index contributed by atoms with van der Waals surface area (Å²) in [6, 6.07) is 25.0. The van der Waals surface area contributed by atoms with Crippen molar-refractivity contribution in [2.24, 2.45) is 0 Å². The van der Waals surface area contributed by atoms with Gasteiger partial charge in [-0.15, -0.1) is 0 Å². The number of rotatable bonds is 4. The summed E-state index contributed by atoms with van der Waals surface area (Å²) >= 11 is 0. The van der Waals surface area contributed by atoms with Crippen molar-refractivity contribution in [3.63, 3.8) is 0 Å². The van der Waals surface area contributed by atoms with Crippen LogP contribution in [0.1, 0.15) is 0 Å². The third kappa shape index (κ3) is 2.98. The van der Waals surface area contributed by atoms with Crippen molar-refractivity contribution in [3.05, 3.63) is 95.3 Å². The van der Waals surface area contributed by atoms with Gasteiger partial charge >= 0.3 is 5.63 Å². The van der Waals surface area contributed by atoms with Crippen LogP contribution < -0.4 is 26.3 Å². The molecule has 134 valence electrons. The number of methoxy groups -OCH3 is 1. The van der Waals surface area contributed by atoms with E-state index >= 15 is 0 Å². The molecule has 1 aromatic heterocycles. The number of hydrogen-bond acceptors (Lipinski definition) is 4. The molecule has 5 heteroatoms. The number of fused-ring (bicyclic) bond motifs is 1. The second kappa shape index (κ2) is 6.90. The first-order chi connectivity index (χ1) is 13.1. The summed E-state index contributed by atoms with van der Waals surface area (Å²) in [7, 11) is -1.83. The van der Waals surface area contributed by atoms with Crippen LogP contribution in [0.5, 0.6) is 5.75 Å². The lowest BCUT2D eigenvalue weighted by Gasteiger charge is -2.19. The van der Waals surface area contributed by atoms with E-state index in [0.29, 0.717) is 27.3 Å². The highest BCUT2D eigenvalue weighted by molar-refractivity contribution is 7.85. The van der Waals surface area contributed by atoms with E-state index in [4.69, 9.17) is 9.15 Å². The number of benzene rings is 3. The molecule has 0 bridgehead atoms. The Balaban J connectivity index is 2.03. The van der Waals surface area contributed by atoms with E-state index in [0.717, 1.165) is 0 Å². The summed E-state index contributed by atoms with van der Waals surface area (Å²) in [6.45, 7) is 0. The molecule has 4 aromatic rings. The van der Waals surface area contributed by atoms with Gasteiger partial charge in [-0.2, -0.15) is 0 Å². The molecule has 3 aromatic carbocycles. The monoisotopic (exact) mass is 376 g/mol. The Morgan fingerprint density at radius 1 is 0.815 bits per heavy atom. The van der Waals surface area contributed by atoms with Crippen LogP contribution in [0.25, 0.3) is 11.0 Å². The first kappa shape index (κ1) is 17.3. The van der Waals surface area contributed by atoms with Gasteiger partial charge in [0.2, 0.25) is 0 Å². The van der Waals surface area contributed by atoms with Gasteiger partial charge in [-0.3, -0.25) is 0 Å². The highest BCUT2D eigenvalue weighted by Crippen LogP contribution is 2.41. The fourth-order valence-electron chi connectivity index (χ4n) is 3.13. The molecule has 0 fully saturated rings. The zero-order valence-corrected chi connectivity index (χ0v) is 15.6. The van der Waals surface area contributed by atoms with E-state index in [9.17, 15) is 9.36 Å². The molecule has 0 amide bonds. The van der Waals surface area contributed by atoms with Crippen molar-refractivity contribution in [2.75, 3.05) is 7.11 Å². The van der Waals surface area contributed by atoms with E-state index in [1.807, 2.05) is 36.4 Å². The van der Waals surface area contributed by atoms with Gasteiger partial charge in [-0.1, -0.05) is 60.7 Å². The maximum absolute atomic E-state index is 14.3. The van der Waals surface area contributed by atoms with Crippen molar-refractivity contribution in [1.29, 1.82) is 0 Å². The predicted octanol–water partition coefficient (Wildman–Crippen LogP) is 3.44. The Hall–Kier alpha value is -3.10. The van der Waals surface area contributed by atoms with Gasteiger partial charge in [-0.05, 0) is 18.2 Å². The lowest BCUT2D eigenvalue weighted by molar-refractivity contribution is 0.414. The van der Waals surface area contributed by atoms with Gasteiger partial charge in [0.25, 0.3) is 0 Å². The van der Waals surface area contributed by atoms with Crippen LogP contribution in [0, 0.1) is 0 Å². The average Bonchev–Trinajstić information content (AvgIpc) is 2.73. The SMILES string of the molecule is COc1ccc2cc(P(=O)(c3ccccc3)c3ccccc3)c(=O)oc2c1. The quantitative estimate of drug-likeness (QED) is 0.404. The fourth-order valence-corrected chi connectivity index (χ4v) is 5.79. The lowest BCUT2D eigenvalue weighted by atomic mass is 10.2. The van der Waals surface area contributed by atoms with Crippen molar-refractivity contribution >= 4 is 34.0 Å². The van der Waals surface area contributed by atoms with Gasteiger partial charge in [-0.25, -0.2) is 4.79 Å². The van der Waals surface area contributed by atoms with Gasteiger partial charge in [0.05, 0.1) is 7.11 Å². The van der Waals surface area contributed by atoms with Crippen molar-refractivity contribution in [1.82, 2.24) is 0 Å². The van der Waals surface area contributed by atoms with E-state index in [1.54, 1.807) is 55.6 Å². The molecular weight excluding hydrogens is 359 g/mol. The fraction of sp³-hybridized carbons (Fsp3) is 0.0455. The minimum atomic E-state index is -3.37. The Morgan fingerprint density at radius 3 is 1.96 bits per heavy atom. The smallest absolute Gasteiger partial charge is 0.347 e. The summed E-state index contributed by atoms with van der Waals surface area (Å²) < 4.78 is 25.0. The van der Waals surface area contributed by atoms with Gasteiger partial charge < -0.3 is 13.7 Å². The minimum Gasteiger partial charge on any atom is -0.497 e. The highest BCUT2D eigenvalue weighted by atomic mass is 31.2. The predicted molar refractivity (Wildman–Crippen MR) is 108 cm³/mol. The van der Waals surface area contributed by atoms with Crippen LogP contribution >= 0.6 is 7.14 Å². The number of hydrogen-bond donors (Lipinski definition) is 0. The summed E-state index contributed by atoms with van der Waals surface area (Å²) in [5, 5.41) is 2.04. The third-order valence-electron chi connectivity index (χ3n) is 4.50. The topological polar surface area (TPSA) is 56.5 Å². The molecule has 0 saturated carbocycles. The molecule has 0 radical (unpaired) electrons. The first-order valence-electron chi connectivity index (χ1n) is 8.46. The molecule has 0 aliphatic heterocycles. The van der Waals surface area contributed by atoms with Crippen LogP contribution in [-0.2, 0) is 4.57 Å². The summed E-state index contributed by atoms with van der Waals surface area (Å²) in [5.41, 5.74) is -0.206. The Morgan fingerprint density at radius 2 is 1.41 bits per heavy atom. The van der Waals surface area contributed by atoms with E-state index in [-0.39, 0.29) is 5.30 Å². The second-order valence-corrected chi connectivity index (χ2v) is 8.84. The zero-order valence-electron chi connectivity index (χ0n) is 14.7. The van der Waals surface area contributed by atoms with Gasteiger partial charge in [0.1, 0.15) is 16.6 Å². The molecule has 27 heavy (non-hydrogen) atoms. The molecule has 4 rings (SSSR count). The van der Waals surface area contributed by atoms with Crippen LogP contribution in [0.4, 0.5) is 0 Å². The molecular formula is C22H17O4P. The highest BCUT2D eigenvalue weighted by Gasteiger charge is 2.33. The largest absolute Gasteiger partial charge is 0.497 e. The second-order valence-electron chi connectivity index (χ2n) is 6.10. The first-order valence-corrected chi connectivity index (χ1v) is 10.2. The molecule has 0 atom stereocenters. The van der Waals surface area contributed by atoms with Crippen molar-refractivity contribution < 1.29 is 13.7 Å². The van der Waals surface area contributed by atoms with Crippen LogP contribution in [0.3, 0.4) is 0 Å². The van der Waals surface area contributed by atoms with Crippen LogP contribution in [0.2, 0.25) is 0 Å². The van der Waals surface area contributed by atoms with Gasteiger partial charge in [0.15, 0.2) is 7.14 Å². The maximum Gasteiger partial charge on any atom is 0.347 e. The zero-order chi connectivity index (χ0) is 18.9. The van der Waals surface area contributed by atoms with E-state index < -0.39 is 12.8 Å². The third-order valence-corrected chi connectivity index (χ3v) is 7.54. The maximum atomic E-state index is 14.3. The van der Waals surface area contributed by atoms with Crippen molar-refractivity contribution in [3.8, 4) is 5.75 Å². The molecule has 0 saturated heterocycles. The normalized spacial score (nSPS) is 11.4. The molecule has 0 aliphatic rings. The Labute approximate surface area is 156 Å². The molecule has 0 spiro atoms. The molecule has 0 unspecified atom stereocenters. The molecule has 0 N–H and O–H groups in total. The van der Waals surface area contributed by atoms with Crippen molar-refractivity contribution in [2.45, 2.75) is 0 Å². The minimum absolute atomic E-state index is 0.164. The molecule has 0 aliphatic carbocycles. The summed E-state index contributed by atoms with van der Waals surface area (Å²) in [4.78, 5) is 12.8. The summed E-state index contributed by atoms with van der Waals surface area (Å²) in [6.07, 6.45) is 0. The van der Waals surface area contributed by atoms with E-state index in [2.05, 4.69) is 0 Å².